The van der Waals surface area contributed by atoms with Crippen molar-refractivity contribution >= 4 is 11.9 Å². The zero-order valence-corrected chi connectivity index (χ0v) is 11.2. The zero-order valence-electron chi connectivity index (χ0n) is 11.2. The van der Waals surface area contributed by atoms with Gasteiger partial charge in [-0.25, -0.2) is 0 Å². The number of amides is 1. The normalized spacial score (nSPS) is 10.9. The number of carbonyl (C=O) groups excluding carboxylic acids is 2. The molecule has 1 rings (SSSR count). The molecule has 8 heteroatoms. The van der Waals surface area contributed by atoms with Gasteiger partial charge in [0.1, 0.15) is 12.3 Å². The molecular weight excluding hydrogens is 291 g/mol. The summed E-state index contributed by atoms with van der Waals surface area (Å²) in [6.45, 7) is -1.92. The molecule has 0 aromatic heterocycles. The molecule has 0 fully saturated rings. The van der Waals surface area contributed by atoms with Gasteiger partial charge in [-0.15, -0.1) is 0 Å². The zero-order chi connectivity index (χ0) is 15.9. The second kappa shape index (κ2) is 7.51. The fourth-order valence-electron chi connectivity index (χ4n) is 1.34. The van der Waals surface area contributed by atoms with Crippen molar-refractivity contribution in [2.75, 3.05) is 20.3 Å². The van der Waals surface area contributed by atoms with Gasteiger partial charge in [-0.2, -0.15) is 13.2 Å². The highest BCUT2D eigenvalue weighted by atomic mass is 19.4. The van der Waals surface area contributed by atoms with Gasteiger partial charge < -0.3 is 14.8 Å². The third kappa shape index (κ3) is 7.19. The van der Waals surface area contributed by atoms with Crippen LogP contribution in [0.2, 0.25) is 0 Å². The van der Waals surface area contributed by atoms with Crippen LogP contribution in [-0.2, 0) is 20.7 Å². The lowest BCUT2D eigenvalue weighted by Gasteiger charge is -2.09. The maximum absolute atomic E-state index is 11.9. The van der Waals surface area contributed by atoms with Crippen molar-refractivity contribution in [2.24, 2.45) is 0 Å². The van der Waals surface area contributed by atoms with Crippen LogP contribution in [0.15, 0.2) is 24.3 Å². The summed E-state index contributed by atoms with van der Waals surface area (Å²) in [5, 5.41) is 1.69. The molecule has 0 atom stereocenters. The third-order valence-electron chi connectivity index (χ3n) is 2.36. The van der Waals surface area contributed by atoms with Crippen LogP contribution in [0.1, 0.15) is 5.56 Å². The number of alkyl halides is 3. The molecule has 0 bridgehead atoms. The molecule has 0 unspecified atom stereocenters. The van der Waals surface area contributed by atoms with Crippen molar-refractivity contribution in [1.29, 1.82) is 0 Å². The van der Waals surface area contributed by atoms with Crippen LogP contribution in [0.5, 0.6) is 5.75 Å². The predicted octanol–water partition coefficient (Wildman–Crippen LogP) is 1.46. The molecule has 0 heterocycles. The quantitative estimate of drug-likeness (QED) is 0.808. The number of benzene rings is 1. The maximum Gasteiger partial charge on any atom is 0.405 e. The van der Waals surface area contributed by atoms with E-state index in [1.54, 1.807) is 17.4 Å². The lowest BCUT2D eigenvalue weighted by atomic mass is 10.1. The second-order valence-corrected chi connectivity index (χ2v) is 4.08. The van der Waals surface area contributed by atoms with E-state index in [1.807, 2.05) is 0 Å². The van der Waals surface area contributed by atoms with Crippen LogP contribution in [0.25, 0.3) is 0 Å². The molecular formula is C13H14F3NO4. The molecule has 21 heavy (non-hydrogen) atoms. The van der Waals surface area contributed by atoms with Crippen molar-refractivity contribution in [3.8, 4) is 5.75 Å². The molecule has 5 nitrogen and oxygen atoms in total. The molecule has 1 aromatic rings. The van der Waals surface area contributed by atoms with Gasteiger partial charge in [0.05, 0.1) is 13.5 Å². The van der Waals surface area contributed by atoms with Crippen LogP contribution < -0.4 is 10.1 Å². The van der Waals surface area contributed by atoms with Crippen LogP contribution >= 0.6 is 0 Å². The number of hydrogen-bond donors (Lipinski definition) is 1. The first-order chi connectivity index (χ1) is 9.80. The van der Waals surface area contributed by atoms with E-state index in [4.69, 9.17) is 4.74 Å². The van der Waals surface area contributed by atoms with Gasteiger partial charge in [-0.1, -0.05) is 12.1 Å². The molecule has 1 N–H and O–H groups in total. The van der Waals surface area contributed by atoms with E-state index in [0.717, 1.165) is 0 Å². The Hall–Kier alpha value is -2.25. The summed E-state index contributed by atoms with van der Waals surface area (Å²) >= 11 is 0. The lowest BCUT2D eigenvalue weighted by molar-refractivity contribution is -0.139. The van der Waals surface area contributed by atoms with Gasteiger partial charge >= 0.3 is 12.1 Å². The van der Waals surface area contributed by atoms with E-state index in [9.17, 15) is 22.8 Å². The molecule has 0 radical (unpaired) electrons. The van der Waals surface area contributed by atoms with Gasteiger partial charge in [0.2, 0.25) is 0 Å². The number of halogens is 3. The summed E-state index contributed by atoms with van der Waals surface area (Å²) in [7, 11) is 1.28. The first-order valence-electron chi connectivity index (χ1n) is 5.92. The maximum atomic E-state index is 11.9. The van der Waals surface area contributed by atoms with Gasteiger partial charge in [-0.05, 0) is 17.7 Å². The van der Waals surface area contributed by atoms with Crippen LogP contribution in [0, 0.1) is 0 Å². The number of rotatable bonds is 6. The molecule has 0 spiro atoms. The topological polar surface area (TPSA) is 64.6 Å². The molecule has 0 aliphatic carbocycles. The third-order valence-corrected chi connectivity index (χ3v) is 2.36. The fourth-order valence-corrected chi connectivity index (χ4v) is 1.34. The molecule has 0 saturated carbocycles. The number of nitrogens with one attached hydrogen (secondary N) is 1. The van der Waals surface area contributed by atoms with Crippen molar-refractivity contribution in [1.82, 2.24) is 5.32 Å². The Labute approximate surface area is 119 Å². The Balaban J connectivity index is 2.39. The lowest BCUT2D eigenvalue weighted by Crippen LogP contribution is -2.36. The van der Waals surface area contributed by atoms with Crippen molar-refractivity contribution < 1.29 is 32.2 Å². The van der Waals surface area contributed by atoms with Gasteiger partial charge in [0, 0.05) is 0 Å². The molecule has 1 aromatic carbocycles. The number of methoxy groups -OCH3 is 1. The Morgan fingerprint density at radius 1 is 1.19 bits per heavy atom. The van der Waals surface area contributed by atoms with Crippen LogP contribution in [0.4, 0.5) is 13.2 Å². The Bertz CT molecular complexity index is 485. The predicted molar refractivity (Wildman–Crippen MR) is 66.7 cm³/mol. The van der Waals surface area contributed by atoms with Crippen molar-refractivity contribution in [2.45, 2.75) is 12.6 Å². The van der Waals surface area contributed by atoms with E-state index >= 15 is 0 Å². The SMILES string of the molecule is COC(=O)Cc1ccc(OCC(=O)NCC(F)(F)F)cc1. The minimum atomic E-state index is -4.45. The summed E-state index contributed by atoms with van der Waals surface area (Å²) in [4.78, 5) is 22.2. The largest absolute Gasteiger partial charge is 0.484 e. The molecule has 0 aliphatic heterocycles. The highest BCUT2D eigenvalue weighted by molar-refractivity contribution is 5.77. The highest BCUT2D eigenvalue weighted by Crippen LogP contribution is 2.14. The minimum absolute atomic E-state index is 0.100. The summed E-state index contributed by atoms with van der Waals surface area (Å²) in [6.07, 6.45) is -4.35. The van der Waals surface area contributed by atoms with E-state index in [1.165, 1.54) is 19.2 Å². The van der Waals surface area contributed by atoms with Crippen molar-refractivity contribution in [3.05, 3.63) is 29.8 Å². The fraction of sp³-hybridized carbons (Fsp3) is 0.385. The van der Waals surface area contributed by atoms with Crippen LogP contribution in [-0.4, -0.2) is 38.3 Å². The number of esters is 1. The summed E-state index contributed by atoms with van der Waals surface area (Å²) in [6, 6.07) is 6.21. The summed E-state index contributed by atoms with van der Waals surface area (Å²) in [5.74, 6) is -0.952. The number of carbonyl (C=O) groups is 2. The number of hydrogen-bond acceptors (Lipinski definition) is 4. The highest BCUT2D eigenvalue weighted by Gasteiger charge is 2.27. The Kier molecular flexibility index (Phi) is 6.01. The van der Waals surface area contributed by atoms with Crippen molar-refractivity contribution in [3.63, 3.8) is 0 Å². The van der Waals surface area contributed by atoms with E-state index in [2.05, 4.69) is 4.74 Å². The number of ether oxygens (including phenoxy) is 2. The van der Waals surface area contributed by atoms with Gasteiger partial charge in [0.15, 0.2) is 6.61 Å². The molecule has 1 amide bonds. The smallest absolute Gasteiger partial charge is 0.405 e. The molecule has 0 saturated heterocycles. The second-order valence-electron chi connectivity index (χ2n) is 4.08. The Morgan fingerprint density at radius 3 is 2.33 bits per heavy atom. The standard InChI is InChI=1S/C13H14F3NO4/c1-20-12(19)6-9-2-4-10(5-3-9)21-7-11(18)17-8-13(14,15)16/h2-5H,6-8H2,1H3,(H,17,18). The van der Waals surface area contributed by atoms with E-state index in [-0.39, 0.29) is 6.42 Å². The van der Waals surface area contributed by atoms with E-state index in [0.29, 0.717) is 11.3 Å². The minimum Gasteiger partial charge on any atom is -0.484 e. The monoisotopic (exact) mass is 305 g/mol. The van der Waals surface area contributed by atoms with E-state index < -0.39 is 31.2 Å². The first kappa shape index (κ1) is 16.8. The Morgan fingerprint density at radius 2 is 1.81 bits per heavy atom. The first-order valence-corrected chi connectivity index (χ1v) is 5.92. The van der Waals surface area contributed by atoms with Crippen LogP contribution in [0.3, 0.4) is 0 Å². The molecule has 116 valence electrons. The average molecular weight is 305 g/mol. The summed E-state index contributed by atoms with van der Waals surface area (Å²) in [5.41, 5.74) is 0.690. The molecule has 0 aliphatic rings. The van der Waals surface area contributed by atoms with Gasteiger partial charge in [-0.3, -0.25) is 9.59 Å². The summed E-state index contributed by atoms with van der Waals surface area (Å²) < 4.78 is 45.1. The van der Waals surface area contributed by atoms with Gasteiger partial charge in [0.25, 0.3) is 5.91 Å². The average Bonchev–Trinajstić information content (AvgIpc) is 2.43.